The molecule has 1 rings (SSSR count). The van der Waals surface area contributed by atoms with Crippen LogP contribution in [0, 0.1) is 3.57 Å². The minimum absolute atomic E-state index is 0. The third-order valence-corrected chi connectivity index (χ3v) is 3.07. The van der Waals surface area contributed by atoms with Gasteiger partial charge < -0.3 is 5.73 Å². The third kappa shape index (κ3) is 5.73. The first-order valence-corrected chi connectivity index (χ1v) is 6.33. The molecule has 0 spiro atoms. The van der Waals surface area contributed by atoms with Gasteiger partial charge in [-0.25, -0.2) is 0 Å². The highest BCUT2D eigenvalue weighted by Gasteiger charge is 2.04. The van der Waals surface area contributed by atoms with Crippen molar-refractivity contribution in [3.8, 4) is 0 Å². The molecule has 0 radical (unpaired) electrons. The van der Waals surface area contributed by atoms with Gasteiger partial charge in [0.25, 0.3) is 0 Å². The number of nitrogens with two attached hydrogens (primary N) is 1. The van der Waals surface area contributed by atoms with Gasteiger partial charge in [-0.3, -0.25) is 0 Å². The van der Waals surface area contributed by atoms with Gasteiger partial charge in [0.15, 0.2) is 0 Å². The summed E-state index contributed by atoms with van der Waals surface area (Å²) in [5, 5.41) is 0. The fourth-order valence-corrected chi connectivity index (χ4v) is 2.09. The second kappa shape index (κ2) is 8.36. The molecule has 0 amide bonds. The van der Waals surface area contributed by atoms with Gasteiger partial charge in [0.05, 0.1) is 0 Å². The molecule has 2 N–H and O–H groups in total. The molecule has 1 aromatic rings. The van der Waals surface area contributed by atoms with Crippen molar-refractivity contribution in [2.75, 3.05) is 0 Å². The maximum atomic E-state index is 6.10. The SMILES string of the molecule is CCCCC[C@@H](N)c1cccc(I)c1.Cl. The highest BCUT2D eigenvalue weighted by atomic mass is 127. The Bertz CT molecular complexity index is 278. The zero-order valence-corrected chi connectivity index (χ0v) is 12.1. The van der Waals surface area contributed by atoms with Crippen molar-refractivity contribution in [1.82, 2.24) is 0 Å². The monoisotopic (exact) mass is 339 g/mol. The number of benzene rings is 1. The largest absolute Gasteiger partial charge is 0.324 e. The number of unbranched alkanes of at least 4 members (excludes halogenated alkanes) is 2. The fraction of sp³-hybridized carbons (Fsp3) is 0.500. The minimum atomic E-state index is 0. The van der Waals surface area contributed by atoms with Gasteiger partial charge in [0.1, 0.15) is 0 Å². The Kier molecular flexibility index (Phi) is 8.47. The second-order valence-electron chi connectivity index (χ2n) is 3.66. The first-order valence-electron chi connectivity index (χ1n) is 5.25. The molecule has 0 unspecified atom stereocenters. The van der Waals surface area contributed by atoms with Crippen LogP contribution in [0.4, 0.5) is 0 Å². The fourth-order valence-electron chi connectivity index (χ4n) is 1.52. The van der Waals surface area contributed by atoms with Crippen molar-refractivity contribution in [3.05, 3.63) is 33.4 Å². The van der Waals surface area contributed by atoms with Gasteiger partial charge in [0, 0.05) is 9.61 Å². The van der Waals surface area contributed by atoms with E-state index in [4.69, 9.17) is 5.73 Å². The summed E-state index contributed by atoms with van der Waals surface area (Å²) in [5.41, 5.74) is 7.37. The van der Waals surface area contributed by atoms with Gasteiger partial charge in [-0.2, -0.15) is 0 Å². The molecule has 0 aliphatic rings. The summed E-state index contributed by atoms with van der Waals surface area (Å²) in [5.74, 6) is 0. The van der Waals surface area contributed by atoms with Crippen LogP contribution in [0.5, 0.6) is 0 Å². The van der Waals surface area contributed by atoms with Crippen LogP contribution in [0.1, 0.15) is 44.2 Å². The Morgan fingerprint density at radius 2 is 2.07 bits per heavy atom. The zero-order chi connectivity index (χ0) is 10.4. The molecule has 15 heavy (non-hydrogen) atoms. The molecule has 0 aromatic heterocycles. The average molecular weight is 340 g/mol. The van der Waals surface area contributed by atoms with E-state index in [1.165, 1.54) is 28.4 Å². The van der Waals surface area contributed by atoms with Crippen LogP contribution in [0.15, 0.2) is 24.3 Å². The van der Waals surface area contributed by atoms with Gasteiger partial charge in [0.2, 0.25) is 0 Å². The lowest BCUT2D eigenvalue weighted by Gasteiger charge is -2.11. The molecule has 0 aliphatic heterocycles. The van der Waals surface area contributed by atoms with E-state index >= 15 is 0 Å². The van der Waals surface area contributed by atoms with E-state index in [0.29, 0.717) is 0 Å². The van der Waals surface area contributed by atoms with Crippen LogP contribution < -0.4 is 5.73 Å². The molecule has 0 fully saturated rings. The van der Waals surface area contributed by atoms with Gasteiger partial charge in [-0.1, -0.05) is 38.3 Å². The van der Waals surface area contributed by atoms with Crippen molar-refractivity contribution in [1.29, 1.82) is 0 Å². The number of rotatable bonds is 5. The summed E-state index contributed by atoms with van der Waals surface area (Å²) in [6.45, 7) is 2.22. The molecule has 0 aliphatic carbocycles. The molecule has 1 atom stereocenters. The van der Waals surface area contributed by atoms with Gasteiger partial charge in [-0.15, -0.1) is 12.4 Å². The lowest BCUT2D eigenvalue weighted by Crippen LogP contribution is -2.10. The first kappa shape index (κ1) is 15.2. The smallest absolute Gasteiger partial charge is 0.0295 e. The highest BCUT2D eigenvalue weighted by Crippen LogP contribution is 2.19. The Morgan fingerprint density at radius 3 is 2.67 bits per heavy atom. The summed E-state index contributed by atoms with van der Waals surface area (Å²) in [4.78, 5) is 0. The standard InChI is InChI=1S/C12H18IN.ClH/c1-2-3-4-8-12(14)10-6-5-7-11(13)9-10;/h5-7,9,12H,2-4,8,14H2,1H3;1H/t12-;/m1./s1. The molecule has 0 heterocycles. The second-order valence-corrected chi connectivity index (χ2v) is 4.90. The summed E-state index contributed by atoms with van der Waals surface area (Å²) in [6.07, 6.45) is 4.90. The zero-order valence-electron chi connectivity index (χ0n) is 9.08. The predicted molar refractivity (Wildman–Crippen MR) is 77.5 cm³/mol. The van der Waals surface area contributed by atoms with Crippen LogP contribution >= 0.6 is 35.0 Å². The van der Waals surface area contributed by atoms with Crippen LogP contribution in [-0.2, 0) is 0 Å². The van der Waals surface area contributed by atoms with Crippen LogP contribution in [-0.4, -0.2) is 0 Å². The van der Waals surface area contributed by atoms with Crippen molar-refractivity contribution in [2.45, 2.75) is 38.6 Å². The lowest BCUT2D eigenvalue weighted by atomic mass is 10.0. The minimum Gasteiger partial charge on any atom is -0.324 e. The van der Waals surface area contributed by atoms with Gasteiger partial charge in [-0.05, 0) is 46.7 Å². The molecule has 1 aromatic carbocycles. The molecular formula is C12H19ClIN. The maximum Gasteiger partial charge on any atom is 0.0295 e. The number of halogens is 2. The van der Waals surface area contributed by atoms with Crippen molar-refractivity contribution < 1.29 is 0 Å². The Morgan fingerprint density at radius 1 is 1.33 bits per heavy atom. The highest BCUT2D eigenvalue weighted by molar-refractivity contribution is 14.1. The molecule has 0 saturated carbocycles. The summed E-state index contributed by atoms with van der Waals surface area (Å²) >= 11 is 2.33. The van der Waals surface area contributed by atoms with E-state index in [2.05, 4.69) is 53.8 Å². The molecule has 86 valence electrons. The Labute approximate surface area is 112 Å². The number of hydrogen-bond acceptors (Lipinski definition) is 1. The molecule has 0 bridgehead atoms. The third-order valence-electron chi connectivity index (χ3n) is 2.40. The number of hydrogen-bond donors (Lipinski definition) is 1. The van der Waals surface area contributed by atoms with Gasteiger partial charge >= 0.3 is 0 Å². The molecule has 1 nitrogen and oxygen atoms in total. The quantitative estimate of drug-likeness (QED) is 0.628. The van der Waals surface area contributed by atoms with Crippen molar-refractivity contribution in [3.63, 3.8) is 0 Å². The van der Waals surface area contributed by atoms with Crippen molar-refractivity contribution in [2.24, 2.45) is 5.73 Å². The van der Waals surface area contributed by atoms with E-state index in [1.54, 1.807) is 0 Å². The van der Waals surface area contributed by atoms with E-state index in [-0.39, 0.29) is 18.4 Å². The molecular weight excluding hydrogens is 320 g/mol. The van der Waals surface area contributed by atoms with E-state index < -0.39 is 0 Å². The predicted octanol–water partition coefficient (Wildman–Crippen LogP) is 4.29. The van der Waals surface area contributed by atoms with Crippen LogP contribution in [0.2, 0.25) is 0 Å². The Hall–Kier alpha value is 0.200. The first-order chi connectivity index (χ1) is 6.74. The van der Waals surface area contributed by atoms with Crippen LogP contribution in [0.25, 0.3) is 0 Å². The summed E-state index contributed by atoms with van der Waals surface area (Å²) in [7, 11) is 0. The topological polar surface area (TPSA) is 26.0 Å². The lowest BCUT2D eigenvalue weighted by molar-refractivity contribution is 0.581. The normalized spacial score (nSPS) is 11.9. The van der Waals surface area contributed by atoms with Crippen LogP contribution in [0.3, 0.4) is 0 Å². The Balaban J connectivity index is 0.00000196. The average Bonchev–Trinajstić information content (AvgIpc) is 2.18. The van der Waals surface area contributed by atoms with E-state index in [1.807, 2.05) is 0 Å². The van der Waals surface area contributed by atoms with Crippen molar-refractivity contribution >= 4 is 35.0 Å². The summed E-state index contributed by atoms with van der Waals surface area (Å²) < 4.78 is 1.27. The maximum absolute atomic E-state index is 6.10. The molecule has 3 heteroatoms. The molecule has 0 saturated heterocycles. The van der Waals surface area contributed by atoms with E-state index in [0.717, 1.165) is 6.42 Å². The van der Waals surface area contributed by atoms with E-state index in [9.17, 15) is 0 Å². The summed E-state index contributed by atoms with van der Waals surface area (Å²) in [6, 6.07) is 8.70.